The lowest BCUT2D eigenvalue weighted by Gasteiger charge is -2.28. The third kappa shape index (κ3) is 7.25. The molecule has 0 aromatic heterocycles. The SMILES string of the molecule is CC(C)(C)CC(=O)N(Cc1cccc(CN)c1)Cc1ccccc1NC(=O)c1ccc(F)cc1. The van der Waals surface area contributed by atoms with Crippen LogP contribution in [0.2, 0.25) is 0 Å². The molecule has 2 amide bonds. The Balaban J connectivity index is 1.85. The van der Waals surface area contributed by atoms with Gasteiger partial charge in [-0.3, -0.25) is 9.59 Å². The number of nitrogens with zero attached hydrogens (tertiary/aromatic N) is 1. The number of rotatable bonds is 8. The fourth-order valence-corrected chi connectivity index (χ4v) is 3.65. The normalized spacial score (nSPS) is 11.2. The Bertz CT molecular complexity index is 1140. The molecule has 0 spiro atoms. The third-order valence-electron chi connectivity index (χ3n) is 5.37. The van der Waals surface area contributed by atoms with Crippen molar-refractivity contribution in [2.45, 2.75) is 46.8 Å². The van der Waals surface area contributed by atoms with Crippen molar-refractivity contribution < 1.29 is 14.0 Å². The lowest BCUT2D eigenvalue weighted by molar-refractivity contribution is -0.134. The van der Waals surface area contributed by atoms with Crippen molar-refractivity contribution in [3.63, 3.8) is 0 Å². The van der Waals surface area contributed by atoms with Crippen molar-refractivity contribution in [3.8, 4) is 0 Å². The molecular formula is C28H32FN3O2. The summed E-state index contributed by atoms with van der Waals surface area (Å²) in [5.41, 5.74) is 9.42. The van der Waals surface area contributed by atoms with E-state index in [2.05, 4.69) is 5.32 Å². The lowest BCUT2D eigenvalue weighted by atomic mass is 9.91. The second-order valence-electron chi connectivity index (χ2n) is 9.63. The van der Waals surface area contributed by atoms with Gasteiger partial charge in [0, 0.05) is 37.3 Å². The standard InChI is InChI=1S/C28H32FN3O2/c1-28(2,3)16-26(33)32(18-21-8-6-7-20(15-21)17-30)19-23-9-4-5-10-25(23)31-27(34)22-11-13-24(29)14-12-22/h4-15H,16-19,30H2,1-3H3,(H,31,34). The molecule has 6 heteroatoms. The number of para-hydroxylation sites is 1. The van der Waals surface area contributed by atoms with E-state index in [-0.39, 0.29) is 17.2 Å². The van der Waals surface area contributed by atoms with Crippen molar-refractivity contribution in [3.05, 3.63) is 101 Å². The van der Waals surface area contributed by atoms with E-state index >= 15 is 0 Å². The maximum absolute atomic E-state index is 13.3. The minimum atomic E-state index is -0.399. The molecule has 0 aliphatic rings. The number of amides is 2. The van der Waals surface area contributed by atoms with Crippen LogP contribution in [0.3, 0.4) is 0 Å². The summed E-state index contributed by atoms with van der Waals surface area (Å²) in [5, 5.41) is 2.91. The molecule has 0 unspecified atom stereocenters. The zero-order valence-corrected chi connectivity index (χ0v) is 20.0. The highest BCUT2D eigenvalue weighted by Gasteiger charge is 2.23. The van der Waals surface area contributed by atoms with Crippen LogP contribution in [0.15, 0.2) is 72.8 Å². The molecule has 0 aliphatic carbocycles. The van der Waals surface area contributed by atoms with Crippen LogP contribution in [0.5, 0.6) is 0 Å². The van der Waals surface area contributed by atoms with Crippen molar-refractivity contribution in [2.24, 2.45) is 11.1 Å². The van der Waals surface area contributed by atoms with E-state index in [1.807, 2.05) is 68.1 Å². The number of carbonyl (C=O) groups excluding carboxylic acids is 2. The molecule has 3 aromatic carbocycles. The van der Waals surface area contributed by atoms with Crippen molar-refractivity contribution in [2.75, 3.05) is 5.32 Å². The van der Waals surface area contributed by atoms with Gasteiger partial charge in [0.15, 0.2) is 0 Å². The minimum absolute atomic E-state index is 0.0327. The van der Waals surface area contributed by atoms with Gasteiger partial charge in [0.05, 0.1) is 0 Å². The van der Waals surface area contributed by atoms with Crippen LogP contribution in [0, 0.1) is 11.2 Å². The Morgan fingerprint density at radius 2 is 1.59 bits per heavy atom. The van der Waals surface area contributed by atoms with Crippen molar-refractivity contribution >= 4 is 17.5 Å². The van der Waals surface area contributed by atoms with E-state index in [1.165, 1.54) is 24.3 Å². The summed E-state index contributed by atoms with van der Waals surface area (Å²) in [5.74, 6) is -0.704. The van der Waals surface area contributed by atoms with E-state index < -0.39 is 5.82 Å². The van der Waals surface area contributed by atoms with Crippen LogP contribution < -0.4 is 11.1 Å². The zero-order chi connectivity index (χ0) is 24.7. The van der Waals surface area contributed by atoms with Crippen LogP contribution in [0.1, 0.15) is 54.2 Å². The molecule has 178 valence electrons. The molecule has 0 heterocycles. The summed E-state index contributed by atoms with van der Waals surface area (Å²) in [6.07, 6.45) is 0.397. The quantitative estimate of drug-likeness (QED) is 0.465. The van der Waals surface area contributed by atoms with E-state index in [9.17, 15) is 14.0 Å². The number of nitrogens with one attached hydrogen (secondary N) is 1. The topological polar surface area (TPSA) is 75.4 Å². The molecule has 0 atom stereocenters. The molecule has 0 bridgehead atoms. The average Bonchev–Trinajstić information content (AvgIpc) is 2.79. The van der Waals surface area contributed by atoms with Gasteiger partial charge in [0.2, 0.25) is 5.91 Å². The van der Waals surface area contributed by atoms with Gasteiger partial charge in [-0.25, -0.2) is 4.39 Å². The maximum atomic E-state index is 13.3. The number of anilines is 1. The van der Waals surface area contributed by atoms with Crippen LogP contribution in [0.25, 0.3) is 0 Å². The number of halogens is 1. The second-order valence-corrected chi connectivity index (χ2v) is 9.63. The van der Waals surface area contributed by atoms with Gasteiger partial charge < -0.3 is 16.0 Å². The van der Waals surface area contributed by atoms with Gasteiger partial charge in [-0.05, 0) is 52.4 Å². The summed E-state index contributed by atoms with van der Waals surface area (Å²) in [7, 11) is 0. The first-order valence-electron chi connectivity index (χ1n) is 11.3. The summed E-state index contributed by atoms with van der Waals surface area (Å²) in [6, 6.07) is 20.7. The molecule has 0 radical (unpaired) electrons. The highest BCUT2D eigenvalue weighted by atomic mass is 19.1. The molecule has 5 nitrogen and oxygen atoms in total. The van der Waals surface area contributed by atoms with Gasteiger partial charge in [-0.1, -0.05) is 63.2 Å². The monoisotopic (exact) mass is 461 g/mol. The lowest BCUT2D eigenvalue weighted by Crippen LogP contribution is -2.33. The first kappa shape index (κ1) is 25.1. The van der Waals surface area contributed by atoms with Crippen LogP contribution in [-0.4, -0.2) is 16.7 Å². The van der Waals surface area contributed by atoms with Gasteiger partial charge >= 0.3 is 0 Å². The van der Waals surface area contributed by atoms with Crippen LogP contribution >= 0.6 is 0 Å². The second kappa shape index (κ2) is 11.1. The Kier molecular flexibility index (Phi) is 8.18. The van der Waals surface area contributed by atoms with Crippen LogP contribution in [0.4, 0.5) is 10.1 Å². The fourth-order valence-electron chi connectivity index (χ4n) is 3.65. The van der Waals surface area contributed by atoms with E-state index in [0.717, 1.165) is 16.7 Å². The van der Waals surface area contributed by atoms with Gasteiger partial charge in [-0.2, -0.15) is 0 Å². The number of hydrogen-bond donors (Lipinski definition) is 2. The van der Waals surface area contributed by atoms with Gasteiger partial charge in [0.25, 0.3) is 5.91 Å². The smallest absolute Gasteiger partial charge is 0.255 e. The summed E-state index contributed by atoms with van der Waals surface area (Å²) in [6.45, 7) is 7.31. The van der Waals surface area contributed by atoms with Gasteiger partial charge in [-0.15, -0.1) is 0 Å². The summed E-state index contributed by atoms with van der Waals surface area (Å²) in [4.78, 5) is 27.8. The average molecular weight is 462 g/mol. The maximum Gasteiger partial charge on any atom is 0.255 e. The number of hydrogen-bond acceptors (Lipinski definition) is 3. The molecule has 0 fully saturated rings. The molecule has 0 saturated carbocycles. The first-order chi connectivity index (χ1) is 16.1. The summed E-state index contributed by atoms with van der Waals surface area (Å²) >= 11 is 0. The van der Waals surface area contributed by atoms with E-state index in [0.29, 0.717) is 37.3 Å². The highest BCUT2D eigenvalue weighted by molar-refractivity contribution is 6.04. The summed E-state index contributed by atoms with van der Waals surface area (Å²) < 4.78 is 13.2. The third-order valence-corrected chi connectivity index (χ3v) is 5.37. The van der Waals surface area contributed by atoms with Crippen LogP contribution in [-0.2, 0) is 24.4 Å². The van der Waals surface area contributed by atoms with E-state index in [4.69, 9.17) is 5.73 Å². The van der Waals surface area contributed by atoms with Gasteiger partial charge in [0.1, 0.15) is 5.82 Å². The molecular weight excluding hydrogens is 429 g/mol. The Morgan fingerprint density at radius 3 is 2.26 bits per heavy atom. The number of carbonyl (C=O) groups is 2. The predicted octanol–water partition coefficient (Wildman–Crippen LogP) is 5.50. The van der Waals surface area contributed by atoms with Crippen molar-refractivity contribution in [1.82, 2.24) is 4.90 Å². The Hall–Kier alpha value is -3.51. The van der Waals surface area contributed by atoms with E-state index in [1.54, 1.807) is 6.07 Å². The molecule has 3 aromatic rings. The number of benzene rings is 3. The highest BCUT2D eigenvalue weighted by Crippen LogP contribution is 2.24. The largest absolute Gasteiger partial charge is 0.334 e. The Labute approximate surface area is 200 Å². The first-order valence-corrected chi connectivity index (χ1v) is 11.3. The Morgan fingerprint density at radius 1 is 0.912 bits per heavy atom. The minimum Gasteiger partial charge on any atom is -0.334 e. The molecule has 3 rings (SSSR count). The van der Waals surface area contributed by atoms with Crippen molar-refractivity contribution in [1.29, 1.82) is 0 Å². The zero-order valence-electron chi connectivity index (χ0n) is 20.0. The molecule has 0 saturated heterocycles. The predicted molar refractivity (Wildman–Crippen MR) is 133 cm³/mol. The molecule has 3 N–H and O–H groups in total. The molecule has 0 aliphatic heterocycles. The molecule has 34 heavy (non-hydrogen) atoms. The fraction of sp³-hybridized carbons (Fsp3) is 0.286. The number of nitrogens with two attached hydrogens (primary N) is 1.